The van der Waals surface area contributed by atoms with Crippen molar-refractivity contribution < 1.29 is 69.3 Å². The Kier molecular flexibility index (Phi) is 5.55. The maximum absolute atomic E-state index is 5.02. The van der Waals surface area contributed by atoms with Gasteiger partial charge in [0, 0.05) is 0 Å². The molecule has 1 heterocycles. The van der Waals surface area contributed by atoms with E-state index in [1.165, 1.54) is 0 Å². The predicted octanol–water partition coefficient (Wildman–Crippen LogP) is -8.77. The molecule has 1 aliphatic heterocycles. The van der Waals surface area contributed by atoms with Crippen molar-refractivity contribution in [1.82, 2.24) is 0 Å². The van der Waals surface area contributed by atoms with Gasteiger partial charge in [-0.1, -0.05) is 23.4 Å². The molecular weight excluding hydrogens is 335 g/mol. The molecule has 1 saturated heterocycles. The highest BCUT2D eigenvalue weighted by Crippen LogP contribution is 2.00. The third-order valence-electron chi connectivity index (χ3n) is 0.738. The summed E-state index contributed by atoms with van der Waals surface area (Å²) in [6.45, 7) is 0. The number of hydrogen-bond acceptors (Lipinski definition) is 11. The van der Waals surface area contributed by atoms with E-state index >= 15 is 0 Å². The summed E-state index contributed by atoms with van der Waals surface area (Å²) in [7, 11) is 0. The van der Waals surface area contributed by atoms with Crippen LogP contribution in [0, 0.1) is 0 Å². The first-order valence-electron chi connectivity index (χ1n) is 2.96. The smallest absolute Gasteiger partial charge is 0.180 e. The molecule has 0 aromatic heterocycles. The summed E-state index contributed by atoms with van der Waals surface area (Å²) < 4.78 is 0. The monoisotopic (exact) mass is 346 g/mol. The van der Waals surface area contributed by atoms with Crippen LogP contribution < -0.4 is 58.5 Å². The molecular formula is H11IN8O6+2. The van der Waals surface area contributed by atoms with E-state index in [1.54, 1.807) is 0 Å². The third-order valence-corrected chi connectivity index (χ3v) is 0.738. The number of nitrogens with two attached hydrogens (primary N) is 5. The zero-order valence-electron chi connectivity index (χ0n) is 7.11. The van der Waals surface area contributed by atoms with Gasteiger partial charge in [0.1, 0.15) is 20.0 Å². The second kappa shape index (κ2) is 5.48. The van der Waals surface area contributed by atoms with Gasteiger partial charge in [-0.05, 0) is 0 Å². The summed E-state index contributed by atoms with van der Waals surface area (Å²) >= 11 is 0. The van der Waals surface area contributed by atoms with E-state index < -0.39 is 15.4 Å². The van der Waals surface area contributed by atoms with Crippen molar-refractivity contribution in [3.05, 3.63) is 0 Å². The summed E-state index contributed by atoms with van der Waals surface area (Å²) in [5.41, 5.74) is 0. The van der Waals surface area contributed by atoms with Crippen molar-refractivity contribution in [3.8, 4) is 0 Å². The van der Waals surface area contributed by atoms with Gasteiger partial charge < -0.3 is 24.0 Å². The van der Waals surface area contributed by atoms with Crippen molar-refractivity contribution in [3.63, 3.8) is 0 Å². The lowest BCUT2D eigenvalue weighted by Crippen LogP contribution is -3.16. The number of halogens is 1. The Balaban J connectivity index is 0.00000196. The van der Waals surface area contributed by atoms with Gasteiger partial charge >= 0.3 is 0 Å². The summed E-state index contributed by atoms with van der Waals surface area (Å²) in [5.74, 6) is 25.1. The lowest BCUT2D eigenvalue weighted by molar-refractivity contribution is -1.42. The summed E-state index contributed by atoms with van der Waals surface area (Å²) in [6, 6.07) is 0. The van der Waals surface area contributed by atoms with Crippen LogP contribution in [-0.2, 0) is 29.9 Å². The molecule has 1 fully saturated rings. The average molecular weight is 346 g/mol. The third kappa shape index (κ3) is 5.71. The lowest BCUT2D eigenvalue weighted by Gasteiger charge is -2.14. The fourth-order valence-electron chi connectivity index (χ4n) is 0.333. The minimum absolute atomic E-state index is 0. The van der Waals surface area contributed by atoms with Crippen LogP contribution in [0.5, 0.6) is 0 Å². The number of nitrogens with one attached hydrogen (secondary N) is 1. The topological polar surface area (TPSA) is 190 Å². The van der Waals surface area contributed by atoms with Crippen LogP contribution in [0.2, 0.25) is 0 Å². The average Bonchev–Trinajstić information content (AvgIpc) is 2.12. The molecule has 92 valence electrons. The lowest BCUT2D eigenvalue weighted by atomic mass is 12.2. The van der Waals surface area contributed by atoms with E-state index in [9.17, 15) is 0 Å². The molecule has 0 aliphatic carbocycles. The maximum atomic E-state index is 5.02. The first-order valence-corrected chi connectivity index (χ1v) is 2.96. The van der Waals surface area contributed by atoms with Gasteiger partial charge in [-0.3, -0.25) is 0 Å². The van der Waals surface area contributed by atoms with Crippen LogP contribution in [0.4, 0.5) is 0 Å². The minimum atomic E-state index is -1.66. The van der Waals surface area contributed by atoms with Gasteiger partial charge in [-0.2, -0.15) is 0 Å². The molecule has 0 unspecified atom stereocenters. The normalized spacial score (nSPS) is 27.0. The molecule has 0 aromatic carbocycles. The largest absolute Gasteiger partial charge is 1.00 e. The van der Waals surface area contributed by atoms with Crippen molar-refractivity contribution in [2.75, 3.05) is 0 Å². The molecule has 1 rings (SSSR count). The Morgan fingerprint density at radius 1 is 0.733 bits per heavy atom. The Labute approximate surface area is 99.0 Å². The van der Waals surface area contributed by atoms with Crippen LogP contribution in [0.1, 0.15) is 0 Å². The molecule has 0 aromatic rings. The Morgan fingerprint density at radius 2 is 1.07 bits per heavy atom. The Bertz CT molecular complexity index is 176. The number of nitrogens with zero attached hydrogens (tertiary/aromatic N) is 2. The van der Waals surface area contributed by atoms with Gasteiger partial charge in [-0.15, -0.1) is 5.84 Å². The van der Waals surface area contributed by atoms with Gasteiger partial charge in [0.2, 0.25) is 0 Å². The molecule has 0 radical (unpaired) electrons. The highest BCUT2D eigenvalue weighted by Gasteiger charge is 2.42. The van der Waals surface area contributed by atoms with Crippen LogP contribution in [0.15, 0.2) is 0 Å². The SMILES string of the molecule is N[NH+]1OO[N+](N)(N)OO[N+](N)(N)OO1.[I-]. The molecule has 15 heteroatoms. The van der Waals surface area contributed by atoms with Gasteiger partial charge in [0.05, 0.1) is 15.3 Å². The summed E-state index contributed by atoms with van der Waals surface area (Å²) in [6.07, 6.45) is 0. The van der Waals surface area contributed by atoms with Crippen molar-refractivity contribution in [2.45, 2.75) is 0 Å². The van der Waals surface area contributed by atoms with E-state index in [-0.39, 0.29) is 24.0 Å². The maximum Gasteiger partial charge on any atom is 0.180 e. The standard InChI is InChI=1S/HI.H10N8O6/c;1-6-9-11-7(2,3)13-14-8(4,5)12-10-6/h1H;1-5H2/q;+2. The van der Waals surface area contributed by atoms with Crippen molar-refractivity contribution in [2.24, 2.45) is 29.2 Å². The first-order chi connectivity index (χ1) is 6.31. The summed E-state index contributed by atoms with van der Waals surface area (Å²) in [4.78, 5) is 24.7. The first kappa shape index (κ1) is 15.2. The zero-order valence-corrected chi connectivity index (χ0v) is 9.27. The fraction of sp³-hybridized carbons (Fsp3) is 0. The molecule has 0 saturated carbocycles. The van der Waals surface area contributed by atoms with E-state index in [4.69, 9.17) is 29.2 Å². The molecule has 0 atom stereocenters. The van der Waals surface area contributed by atoms with Crippen molar-refractivity contribution in [1.29, 1.82) is 0 Å². The highest BCUT2D eigenvalue weighted by atomic mass is 127. The molecule has 14 nitrogen and oxygen atoms in total. The van der Waals surface area contributed by atoms with Crippen molar-refractivity contribution >= 4 is 0 Å². The number of quaternary nitrogens is 3. The second-order valence-corrected chi connectivity index (χ2v) is 2.07. The predicted molar refractivity (Wildman–Crippen MR) is 28.9 cm³/mol. The molecule has 11 N–H and O–H groups in total. The van der Waals surface area contributed by atoms with E-state index in [1.807, 2.05) is 0 Å². The molecule has 0 amide bonds. The molecule has 0 spiro atoms. The fourth-order valence-corrected chi connectivity index (χ4v) is 0.333. The van der Waals surface area contributed by atoms with Gasteiger partial charge in [0.25, 0.3) is 0 Å². The van der Waals surface area contributed by atoms with Gasteiger partial charge in [0.15, 0.2) is 10.1 Å². The number of hydrogen-bond donors (Lipinski definition) is 6. The van der Waals surface area contributed by atoms with Crippen LogP contribution >= 0.6 is 0 Å². The van der Waals surface area contributed by atoms with E-state index in [0.29, 0.717) is 0 Å². The van der Waals surface area contributed by atoms with Crippen LogP contribution in [-0.4, -0.2) is 10.1 Å². The second-order valence-electron chi connectivity index (χ2n) is 2.07. The molecule has 15 heavy (non-hydrogen) atoms. The van der Waals surface area contributed by atoms with Gasteiger partial charge in [-0.25, -0.2) is 0 Å². The highest BCUT2D eigenvalue weighted by molar-refractivity contribution is 3.40. The van der Waals surface area contributed by atoms with Crippen LogP contribution in [0.25, 0.3) is 0 Å². The minimum Gasteiger partial charge on any atom is -1.00 e. The summed E-state index contributed by atoms with van der Waals surface area (Å²) in [5, 5.41) is -4.07. The van der Waals surface area contributed by atoms with E-state index in [2.05, 4.69) is 29.9 Å². The quantitative estimate of drug-likeness (QED) is 0.106. The number of rotatable bonds is 0. The Morgan fingerprint density at radius 3 is 1.40 bits per heavy atom. The van der Waals surface area contributed by atoms with Crippen LogP contribution in [0.3, 0.4) is 0 Å². The zero-order chi connectivity index (χ0) is 10.8. The molecule has 0 bridgehead atoms. The Hall–Kier alpha value is 0.170. The molecule has 1 aliphatic rings. The van der Waals surface area contributed by atoms with E-state index in [0.717, 1.165) is 0 Å².